The summed E-state index contributed by atoms with van der Waals surface area (Å²) in [5.74, 6) is -0.824. The first-order valence-corrected chi connectivity index (χ1v) is 7.56. The SMILES string of the molecule is O=C(Nc1ccc(Cl)nc1)c1ccc(N2CCOCC2)c(F)c1. The zero-order valence-electron chi connectivity index (χ0n) is 12.3. The number of carbonyl (C=O) groups excluding carboxylic acids is 1. The first-order valence-electron chi connectivity index (χ1n) is 7.18. The maximum absolute atomic E-state index is 14.3. The van der Waals surface area contributed by atoms with Crippen molar-refractivity contribution in [3.05, 3.63) is 53.1 Å². The molecule has 1 amide bonds. The fourth-order valence-electron chi connectivity index (χ4n) is 2.36. The van der Waals surface area contributed by atoms with Gasteiger partial charge in [-0.05, 0) is 30.3 Å². The molecule has 2 aromatic rings. The number of hydrogen-bond acceptors (Lipinski definition) is 4. The number of anilines is 2. The maximum atomic E-state index is 14.3. The fourth-order valence-corrected chi connectivity index (χ4v) is 2.47. The van der Waals surface area contributed by atoms with Crippen LogP contribution in [0.15, 0.2) is 36.5 Å². The van der Waals surface area contributed by atoms with Crippen LogP contribution in [0.25, 0.3) is 0 Å². The summed E-state index contributed by atoms with van der Waals surface area (Å²) < 4.78 is 19.5. The summed E-state index contributed by atoms with van der Waals surface area (Å²) in [5.41, 5.74) is 1.23. The number of carbonyl (C=O) groups is 1. The average molecular weight is 336 g/mol. The number of morpholine rings is 1. The second-order valence-corrected chi connectivity index (χ2v) is 5.48. The van der Waals surface area contributed by atoms with E-state index in [9.17, 15) is 9.18 Å². The van der Waals surface area contributed by atoms with Crippen molar-refractivity contribution in [3.8, 4) is 0 Å². The van der Waals surface area contributed by atoms with Gasteiger partial charge in [0.15, 0.2) is 0 Å². The molecule has 1 aromatic heterocycles. The largest absolute Gasteiger partial charge is 0.378 e. The van der Waals surface area contributed by atoms with Crippen LogP contribution in [0, 0.1) is 5.82 Å². The van der Waals surface area contributed by atoms with Gasteiger partial charge in [0.05, 0.1) is 30.8 Å². The van der Waals surface area contributed by atoms with E-state index in [1.807, 2.05) is 4.90 Å². The third kappa shape index (κ3) is 3.78. The van der Waals surface area contributed by atoms with Crippen LogP contribution in [0.4, 0.5) is 15.8 Å². The van der Waals surface area contributed by atoms with Crippen LogP contribution in [0.3, 0.4) is 0 Å². The fraction of sp³-hybridized carbons (Fsp3) is 0.250. The molecule has 1 fully saturated rings. The van der Waals surface area contributed by atoms with Gasteiger partial charge in [0.2, 0.25) is 0 Å². The lowest BCUT2D eigenvalue weighted by molar-refractivity contribution is 0.102. The van der Waals surface area contributed by atoms with E-state index in [0.29, 0.717) is 42.8 Å². The summed E-state index contributed by atoms with van der Waals surface area (Å²) in [7, 11) is 0. The Balaban J connectivity index is 1.73. The van der Waals surface area contributed by atoms with Crippen molar-refractivity contribution in [2.24, 2.45) is 0 Å². The zero-order chi connectivity index (χ0) is 16.2. The van der Waals surface area contributed by atoms with Crippen molar-refractivity contribution in [2.45, 2.75) is 0 Å². The molecule has 1 aliphatic rings. The first kappa shape index (κ1) is 15.7. The standard InChI is InChI=1S/C16H15ClFN3O2/c17-15-4-2-12(10-19-15)20-16(22)11-1-3-14(13(18)9-11)21-5-7-23-8-6-21/h1-4,9-10H,5-8H2,(H,20,22). The Hall–Kier alpha value is -2.18. The Morgan fingerprint density at radius 1 is 1.26 bits per heavy atom. The molecule has 2 heterocycles. The smallest absolute Gasteiger partial charge is 0.255 e. The van der Waals surface area contributed by atoms with Gasteiger partial charge in [-0.3, -0.25) is 4.79 Å². The molecule has 1 saturated heterocycles. The third-order valence-electron chi connectivity index (χ3n) is 3.55. The van der Waals surface area contributed by atoms with E-state index in [1.165, 1.54) is 12.3 Å². The van der Waals surface area contributed by atoms with E-state index in [0.717, 1.165) is 0 Å². The molecule has 1 aliphatic heterocycles. The molecule has 3 rings (SSSR count). The highest BCUT2D eigenvalue weighted by atomic mass is 35.5. The van der Waals surface area contributed by atoms with Gasteiger partial charge in [-0.15, -0.1) is 0 Å². The van der Waals surface area contributed by atoms with Crippen molar-refractivity contribution < 1.29 is 13.9 Å². The first-order chi connectivity index (χ1) is 11.1. The summed E-state index contributed by atoms with van der Waals surface area (Å²) in [5, 5.41) is 2.99. The molecule has 120 valence electrons. The van der Waals surface area contributed by atoms with Crippen LogP contribution in [0.5, 0.6) is 0 Å². The van der Waals surface area contributed by atoms with Gasteiger partial charge in [0.1, 0.15) is 11.0 Å². The number of nitrogens with zero attached hydrogens (tertiary/aromatic N) is 2. The average Bonchev–Trinajstić information content (AvgIpc) is 2.57. The van der Waals surface area contributed by atoms with E-state index in [2.05, 4.69) is 10.3 Å². The number of amides is 1. The molecule has 0 saturated carbocycles. The van der Waals surface area contributed by atoms with Crippen molar-refractivity contribution in [1.29, 1.82) is 0 Å². The van der Waals surface area contributed by atoms with Crippen molar-refractivity contribution >= 4 is 28.9 Å². The number of halogens is 2. The van der Waals surface area contributed by atoms with E-state index >= 15 is 0 Å². The molecule has 0 unspecified atom stereocenters. The van der Waals surface area contributed by atoms with Crippen LogP contribution in [0.1, 0.15) is 10.4 Å². The summed E-state index contributed by atoms with van der Waals surface area (Å²) in [6, 6.07) is 7.66. The number of nitrogens with one attached hydrogen (secondary N) is 1. The topological polar surface area (TPSA) is 54.5 Å². The highest BCUT2D eigenvalue weighted by molar-refractivity contribution is 6.29. The molecule has 0 radical (unpaired) electrons. The molecule has 5 nitrogen and oxygen atoms in total. The minimum Gasteiger partial charge on any atom is -0.378 e. The summed E-state index contributed by atoms with van der Waals surface area (Å²) >= 11 is 5.69. The molecule has 0 bridgehead atoms. The molecule has 1 N–H and O–H groups in total. The molecular weight excluding hydrogens is 321 g/mol. The van der Waals surface area contributed by atoms with Crippen LogP contribution in [-0.2, 0) is 4.74 Å². The van der Waals surface area contributed by atoms with Gasteiger partial charge in [-0.25, -0.2) is 9.37 Å². The molecule has 0 spiro atoms. The number of ether oxygens (including phenoxy) is 1. The Morgan fingerprint density at radius 3 is 2.70 bits per heavy atom. The van der Waals surface area contributed by atoms with Crippen LogP contribution >= 0.6 is 11.6 Å². The van der Waals surface area contributed by atoms with Crippen LogP contribution in [-0.4, -0.2) is 37.2 Å². The van der Waals surface area contributed by atoms with E-state index in [-0.39, 0.29) is 5.56 Å². The van der Waals surface area contributed by atoms with Crippen LogP contribution in [0.2, 0.25) is 5.15 Å². The minimum atomic E-state index is -0.422. The number of pyridine rings is 1. The van der Waals surface area contributed by atoms with E-state index < -0.39 is 11.7 Å². The Morgan fingerprint density at radius 2 is 2.04 bits per heavy atom. The predicted octanol–water partition coefficient (Wildman–Crippen LogP) is 2.96. The highest BCUT2D eigenvalue weighted by Gasteiger charge is 2.17. The lowest BCUT2D eigenvalue weighted by Gasteiger charge is -2.29. The second kappa shape index (κ2) is 6.93. The number of rotatable bonds is 3. The molecule has 0 aliphatic carbocycles. The lowest BCUT2D eigenvalue weighted by atomic mass is 10.1. The van der Waals surface area contributed by atoms with Crippen molar-refractivity contribution in [1.82, 2.24) is 4.98 Å². The van der Waals surface area contributed by atoms with Gasteiger partial charge in [0, 0.05) is 18.7 Å². The number of benzene rings is 1. The Kier molecular flexibility index (Phi) is 4.73. The minimum absolute atomic E-state index is 0.245. The van der Waals surface area contributed by atoms with Crippen molar-refractivity contribution in [3.63, 3.8) is 0 Å². The second-order valence-electron chi connectivity index (χ2n) is 5.09. The van der Waals surface area contributed by atoms with Gasteiger partial charge in [-0.1, -0.05) is 11.6 Å². The van der Waals surface area contributed by atoms with Gasteiger partial charge < -0.3 is 15.0 Å². The zero-order valence-corrected chi connectivity index (χ0v) is 13.0. The lowest BCUT2D eigenvalue weighted by Crippen LogP contribution is -2.36. The van der Waals surface area contributed by atoms with E-state index in [4.69, 9.17) is 16.3 Å². The molecule has 23 heavy (non-hydrogen) atoms. The number of aromatic nitrogens is 1. The Bertz CT molecular complexity index is 703. The maximum Gasteiger partial charge on any atom is 0.255 e. The van der Waals surface area contributed by atoms with Gasteiger partial charge in [0.25, 0.3) is 5.91 Å². The highest BCUT2D eigenvalue weighted by Crippen LogP contribution is 2.22. The van der Waals surface area contributed by atoms with Crippen molar-refractivity contribution in [2.75, 3.05) is 36.5 Å². The molecule has 7 heteroatoms. The monoisotopic (exact) mass is 335 g/mol. The molecule has 0 atom stereocenters. The summed E-state index contributed by atoms with van der Waals surface area (Å²) in [6.07, 6.45) is 1.44. The van der Waals surface area contributed by atoms with E-state index in [1.54, 1.807) is 24.3 Å². The quantitative estimate of drug-likeness (QED) is 0.876. The van der Waals surface area contributed by atoms with Crippen LogP contribution < -0.4 is 10.2 Å². The summed E-state index contributed by atoms with van der Waals surface area (Å²) in [6.45, 7) is 2.42. The summed E-state index contributed by atoms with van der Waals surface area (Å²) in [4.78, 5) is 17.9. The molecule has 1 aromatic carbocycles. The number of hydrogen-bond donors (Lipinski definition) is 1. The van der Waals surface area contributed by atoms with Gasteiger partial charge >= 0.3 is 0 Å². The molecular formula is C16H15ClFN3O2. The normalized spacial score (nSPS) is 14.6. The Labute approximate surface area is 138 Å². The third-order valence-corrected chi connectivity index (χ3v) is 3.77. The predicted molar refractivity (Wildman–Crippen MR) is 86.6 cm³/mol. The van der Waals surface area contributed by atoms with Gasteiger partial charge in [-0.2, -0.15) is 0 Å².